The number of nitriles is 1. The summed E-state index contributed by atoms with van der Waals surface area (Å²) in [5, 5.41) is 22.4. The second-order valence-electron chi connectivity index (χ2n) is 6.28. The van der Waals surface area contributed by atoms with Gasteiger partial charge in [0.1, 0.15) is 30.2 Å². The maximum atomic E-state index is 10.1. The van der Waals surface area contributed by atoms with Crippen LogP contribution in [0.2, 0.25) is 0 Å². The SMILES string of the molecule is CC(Cc1cn2ccccc2n1)NCC(O)COc1ccccc1C#N. The van der Waals surface area contributed by atoms with Crippen LogP contribution in [0.4, 0.5) is 0 Å². The quantitative estimate of drug-likeness (QED) is 0.651. The van der Waals surface area contributed by atoms with Crippen LogP contribution in [-0.4, -0.2) is 39.8 Å². The van der Waals surface area contributed by atoms with E-state index in [1.54, 1.807) is 24.3 Å². The van der Waals surface area contributed by atoms with E-state index in [-0.39, 0.29) is 12.6 Å². The Morgan fingerprint density at radius 1 is 1.27 bits per heavy atom. The van der Waals surface area contributed by atoms with Crippen molar-refractivity contribution in [3.05, 3.63) is 66.1 Å². The van der Waals surface area contributed by atoms with Gasteiger partial charge in [0, 0.05) is 31.4 Å². The van der Waals surface area contributed by atoms with Crippen LogP contribution < -0.4 is 10.1 Å². The first-order valence-corrected chi connectivity index (χ1v) is 8.61. The van der Waals surface area contributed by atoms with Gasteiger partial charge in [0.05, 0.1) is 11.3 Å². The molecule has 0 fully saturated rings. The van der Waals surface area contributed by atoms with Crippen molar-refractivity contribution in [3.8, 4) is 11.8 Å². The Bertz CT molecular complexity index is 867. The minimum atomic E-state index is -0.662. The Labute approximate surface area is 152 Å². The minimum absolute atomic E-state index is 0.132. The summed E-state index contributed by atoms with van der Waals surface area (Å²) in [4.78, 5) is 4.58. The van der Waals surface area contributed by atoms with Gasteiger partial charge in [0.25, 0.3) is 0 Å². The fourth-order valence-corrected chi connectivity index (χ4v) is 2.74. The fourth-order valence-electron chi connectivity index (χ4n) is 2.74. The molecule has 0 aliphatic heterocycles. The van der Waals surface area contributed by atoms with E-state index in [0.717, 1.165) is 17.8 Å². The number of imidazole rings is 1. The van der Waals surface area contributed by atoms with Crippen LogP contribution in [0.25, 0.3) is 5.65 Å². The highest BCUT2D eigenvalue weighted by molar-refractivity contribution is 5.42. The number of fused-ring (bicyclic) bond motifs is 1. The zero-order chi connectivity index (χ0) is 18.4. The summed E-state index contributed by atoms with van der Waals surface area (Å²) in [5.74, 6) is 0.492. The van der Waals surface area contributed by atoms with E-state index in [0.29, 0.717) is 17.9 Å². The third-order valence-corrected chi connectivity index (χ3v) is 4.07. The molecule has 0 bridgehead atoms. The standard InChI is InChI=1S/C20H22N4O2/c1-15(10-17-13-24-9-5-4-8-20(24)23-17)22-12-18(25)14-26-19-7-3-2-6-16(19)11-21/h2-9,13,15,18,22,25H,10,12,14H2,1H3. The van der Waals surface area contributed by atoms with E-state index in [9.17, 15) is 5.11 Å². The second kappa shape index (κ2) is 8.48. The van der Waals surface area contributed by atoms with Gasteiger partial charge in [-0.15, -0.1) is 0 Å². The smallest absolute Gasteiger partial charge is 0.137 e. The Morgan fingerprint density at radius 3 is 2.88 bits per heavy atom. The molecule has 0 aliphatic rings. The average molecular weight is 350 g/mol. The summed E-state index contributed by atoms with van der Waals surface area (Å²) < 4.78 is 7.55. The average Bonchev–Trinajstić information content (AvgIpc) is 3.07. The topological polar surface area (TPSA) is 82.6 Å². The summed E-state index contributed by atoms with van der Waals surface area (Å²) >= 11 is 0. The highest BCUT2D eigenvalue weighted by Crippen LogP contribution is 2.16. The maximum Gasteiger partial charge on any atom is 0.137 e. The van der Waals surface area contributed by atoms with Gasteiger partial charge in [-0.1, -0.05) is 18.2 Å². The molecule has 0 radical (unpaired) electrons. The van der Waals surface area contributed by atoms with Crippen molar-refractivity contribution >= 4 is 5.65 Å². The molecule has 3 rings (SSSR count). The number of benzene rings is 1. The monoisotopic (exact) mass is 350 g/mol. The van der Waals surface area contributed by atoms with Gasteiger partial charge in [-0.05, 0) is 31.2 Å². The van der Waals surface area contributed by atoms with Gasteiger partial charge in [0.15, 0.2) is 0 Å². The molecule has 2 unspecified atom stereocenters. The number of ether oxygens (including phenoxy) is 1. The lowest BCUT2D eigenvalue weighted by Gasteiger charge is -2.17. The molecule has 0 spiro atoms. The van der Waals surface area contributed by atoms with E-state index >= 15 is 0 Å². The first-order valence-electron chi connectivity index (χ1n) is 8.61. The summed E-state index contributed by atoms with van der Waals surface area (Å²) in [6.45, 7) is 2.60. The predicted octanol–water partition coefficient (Wildman–Crippen LogP) is 2.17. The summed E-state index contributed by atoms with van der Waals surface area (Å²) in [6.07, 6.45) is 4.10. The molecule has 1 aromatic carbocycles. The molecule has 6 heteroatoms. The molecule has 26 heavy (non-hydrogen) atoms. The summed E-state index contributed by atoms with van der Waals surface area (Å²) in [5.41, 5.74) is 2.40. The van der Waals surface area contributed by atoms with Gasteiger partial charge in [0.2, 0.25) is 0 Å². The molecule has 134 valence electrons. The van der Waals surface area contributed by atoms with Crippen LogP contribution >= 0.6 is 0 Å². The number of rotatable bonds is 8. The number of hydrogen-bond acceptors (Lipinski definition) is 5. The number of para-hydroxylation sites is 1. The van der Waals surface area contributed by atoms with Crippen LogP contribution in [0, 0.1) is 11.3 Å². The van der Waals surface area contributed by atoms with Crippen molar-refractivity contribution in [1.29, 1.82) is 5.26 Å². The lowest BCUT2D eigenvalue weighted by Crippen LogP contribution is -2.37. The molecule has 0 aliphatic carbocycles. The van der Waals surface area contributed by atoms with Crippen LogP contribution in [0.3, 0.4) is 0 Å². The first kappa shape index (κ1) is 17.9. The number of hydrogen-bond donors (Lipinski definition) is 2. The zero-order valence-electron chi connectivity index (χ0n) is 14.7. The van der Waals surface area contributed by atoms with Crippen molar-refractivity contribution < 1.29 is 9.84 Å². The highest BCUT2D eigenvalue weighted by Gasteiger charge is 2.11. The second-order valence-corrected chi connectivity index (χ2v) is 6.28. The zero-order valence-corrected chi connectivity index (χ0v) is 14.7. The van der Waals surface area contributed by atoms with Gasteiger partial charge >= 0.3 is 0 Å². The molecule has 0 saturated carbocycles. The highest BCUT2D eigenvalue weighted by atomic mass is 16.5. The molecule has 2 heterocycles. The van der Waals surface area contributed by atoms with Crippen molar-refractivity contribution in [2.24, 2.45) is 0 Å². The van der Waals surface area contributed by atoms with E-state index in [1.165, 1.54) is 0 Å². The van der Waals surface area contributed by atoms with E-state index in [1.807, 2.05) is 35.0 Å². The normalized spacial score (nSPS) is 13.3. The Hall–Kier alpha value is -2.88. The number of aliphatic hydroxyl groups excluding tert-OH is 1. The molecule has 0 saturated heterocycles. The van der Waals surface area contributed by atoms with Crippen molar-refractivity contribution in [2.45, 2.75) is 25.5 Å². The van der Waals surface area contributed by atoms with Gasteiger partial charge in [-0.25, -0.2) is 4.98 Å². The van der Waals surface area contributed by atoms with Gasteiger partial charge in [-0.3, -0.25) is 0 Å². The van der Waals surface area contributed by atoms with Crippen LogP contribution in [-0.2, 0) is 6.42 Å². The molecule has 2 atom stereocenters. The van der Waals surface area contributed by atoms with Crippen molar-refractivity contribution in [1.82, 2.24) is 14.7 Å². The molecule has 0 amide bonds. The van der Waals surface area contributed by atoms with E-state index in [4.69, 9.17) is 10.00 Å². The van der Waals surface area contributed by atoms with Gasteiger partial charge < -0.3 is 19.6 Å². The van der Waals surface area contributed by atoms with E-state index < -0.39 is 6.10 Å². The van der Waals surface area contributed by atoms with Crippen LogP contribution in [0.5, 0.6) is 5.75 Å². The maximum absolute atomic E-state index is 10.1. The lowest BCUT2D eigenvalue weighted by atomic mass is 10.2. The number of nitrogens with zero attached hydrogens (tertiary/aromatic N) is 3. The lowest BCUT2D eigenvalue weighted by molar-refractivity contribution is 0.104. The Morgan fingerprint density at radius 2 is 2.08 bits per heavy atom. The largest absolute Gasteiger partial charge is 0.489 e. The predicted molar refractivity (Wildman–Crippen MR) is 99.0 cm³/mol. The summed E-state index contributed by atoms with van der Waals surface area (Å²) in [7, 11) is 0. The van der Waals surface area contributed by atoms with Crippen molar-refractivity contribution in [3.63, 3.8) is 0 Å². The molecule has 2 N–H and O–H groups in total. The van der Waals surface area contributed by atoms with E-state index in [2.05, 4.69) is 23.3 Å². The number of nitrogens with one attached hydrogen (secondary N) is 1. The van der Waals surface area contributed by atoms with Crippen LogP contribution in [0.1, 0.15) is 18.2 Å². The molecule has 3 aromatic rings. The van der Waals surface area contributed by atoms with Crippen LogP contribution in [0.15, 0.2) is 54.9 Å². The number of pyridine rings is 1. The molecular weight excluding hydrogens is 328 g/mol. The summed E-state index contributed by atoms with van der Waals surface area (Å²) in [6, 6.07) is 15.2. The first-order chi connectivity index (χ1) is 12.7. The third kappa shape index (κ3) is 4.60. The fraction of sp³-hybridized carbons (Fsp3) is 0.300. The number of aliphatic hydroxyl groups is 1. The van der Waals surface area contributed by atoms with Gasteiger partial charge in [-0.2, -0.15) is 5.26 Å². The number of aromatic nitrogens is 2. The Kier molecular flexibility index (Phi) is 5.84. The third-order valence-electron chi connectivity index (χ3n) is 4.07. The molecule has 6 nitrogen and oxygen atoms in total. The molecular formula is C20H22N4O2. The minimum Gasteiger partial charge on any atom is -0.489 e. The molecule has 2 aromatic heterocycles. The van der Waals surface area contributed by atoms with Crippen molar-refractivity contribution in [2.75, 3.05) is 13.2 Å². The Balaban J connectivity index is 1.45.